The van der Waals surface area contributed by atoms with E-state index in [9.17, 15) is 0 Å². The minimum Gasteiger partial charge on any atom is -0.374 e. The number of likely N-dealkylation sites (N-methyl/N-ethyl adjacent to an activating group) is 2. The second-order valence-corrected chi connectivity index (χ2v) is 5.04. The molecule has 5 nitrogen and oxygen atoms in total. The zero-order valence-electron chi connectivity index (χ0n) is 11.2. The minimum absolute atomic E-state index is 0.350. The molecule has 2 fully saturated rings. The van der Waals surface area contributed by atoms with Crippen LogP contribution in [-0.4, -0.2) is 86.9 Å². The Morgan fingerprint density at radius 3 is 2.65 bits per heavy atom. The summed E-state index contributed by atoms with van der Waals surface area (Å²) in [6.45, 7) is 11.9. The first kappa shape index (κ1) is 13.2. The number of rotatable bonds is 4. The molecule has 17 heavy (non-hydrogen) atoms. The van der Waals surface area contributed by atoms with Crippen LogP contribution in [0.3, 0.4) is 0 Å². The average molecular weight is 242 g/mol. The van der Waals surface area contributed by atoms with Gasteiger partial charge in [-0.05, 0) is 13.6 Å². The van der Waals surface area contributed by atoms with Crippen molar-refractivity contribution in [3.05, 3.63) is 0 Å². The first-order valence-electron chi connectivity index (χ1n) is 6.79. The molecule has 0 radical (unpaired) electrons. The van der Waals surface area contributed by atoms with Crippen molar-refractivity contribution in [3.8, 4) is 0 Å². The number of nitrogens with one attached hydrogen (secondary N) is 1. The van der Waals surface area contributed by atoms with Gasteiger partial charge in [-0.2, -0.15) is 0 Å². The van der Waals surface area contributed by atoms with Crippen molar-refractivity contribution in [2.24, 2.45) is 0 Å². The van der Waals surface area contributed by atoms with Gasteiger partial charge in [0, 0.05) is 45.8 Å². The molecule has 2 aliphatic rings. The van der Waals surface area contributed by atoms with E-state index in [2.05, 4.69) is 34.2 Å². The van der Waals surface area contributed by atoms with E-state index >= 15 is 0 Å². The van der Waals surface area contributed by atoms with Crippen LogP contribution >= 0.6 is 0 Å². The summed E-state index contributed by atoms with van der Waals surface area (Å²) in [5.41, 5.74) is 3.51. The molecule has 0 amide bonds. The summed E-state index contributed by atoms with van der Waals surface area (Å²) < 4.78 is 5.78. The molecular weight excluding hydrogens is 216 g/mol. The fourth-order valence-corrected chi connectivity index (χ4v) is 2.39. The molecule has 1 atom stereocenters. The van der Waals surface area contributed by atoms with E-state index in [1.54, 1.807) is 0 Å². The highest BCUT2D eigenvalue weighted by atomic mass is 16.5. The second kappa shape index (κ2) is 6.66. The van der Waals surface area contributed by atoms with E-state index in [1.165, 1.54) is 0 Å². The van der Waals surface area contributed by atoms with Crippen molar-refractivity contribution in [1.82, 2.24) is 20.2 Å². The molecule has 0 bridgehead atoms. The third kappa shape index (κ3) is 4.19. The zero-order chi connectivity index (χ0) is 12.1. The summed E-state index contributed by atoms with van der Waals surface area (Å²) >= 11 is 0. The van der Waals surface area contributed by atoms with Crippen LogP contribution in [0.15, 0.2) is 0 Å². The Labute approximate surface area is 105 Å². The molecule has 0 aromatic carbocycles. The Kier molecular flexibility index (Phi) is 5.18. The van der Waals surface area contributed by atoms with Crippen LogP contribution in [-0.2, 0) is 4.74 Å². The predicted octanol–water partition coefficient (Wildman–Crippen LogP) is -0.541. The van der Waals surface area contributed by atoms with Crippen LogP contribution in [0.5, 0.6) is 0 Å². The van der Waals surface area contributed by atoms with Gasteiger partial charge in [-0.15, -0.1) is 0 Å². The van der Waals surface area contributed by atoms with Crippen LogP contribution in [0.25, 0.3) is 0 Å². The lowest BCUT2D eigenvalue weighted by molar-refractivity contribution is -0.0371. The summed E-state index contributed by atoms with van der Waals surface area (Å²) in [5, 5.41) is 2.33. The van der Waals surface area contributed by atoms with Gasteiger partial charge in [-0.3, -0.25) is 10.3 Å². The number of ether oxygens (including phenoxy) is 1. The Morgan fingerprint density at radius 1 is 1.18 bits per heavy atom. The van der Waals surface area contributed by atoms with Gasteiger partial charge < -0.3 is 9.64 Å². The predicted molar refractivity (Wildman–Crippen MR) is 68.9 cm³/mol. The number of hydrogen-bond donors (Lipinski definition) is 1. The van der Waals surface area contributed by atoms with Crippen molar-refractivity contribution >= 4 is 0 Å². The van der Waals surface area contributed by atoms with Gasteiger partial charge in [0.05, 0.1) is 12.7 Å². The van der Waals surface area contributed by atoms with Crippen LogP contribution in [0.2, 0.25) is 0 Å². The Morgan fingerprint density at radius 2 is 1.94 bits per heavy atom. The molecule has 1 N–H and O–H groups in total. The van der Waals surface area contributed by atoms with E-state index < -0.39 is 0 Å². The summed E-state index contributed by atoms with van der Waals surface area (Å²) in [7, 11) is 2.18. The number of piperazine rings is 1. The van der Waals surface area contributed by atoms with Gasteiger partial charge in [0.1, 0.15) is 0 Å². The molecular formula is C12H26N4O. The van der Waals surface area contributed by atoms with Gasteiger partial charge in [-0.1, -0.05) is 6.92 Å². The molecule has 0 saturated carbocycles. The number of hydrazine groups is 1. The molecule has 0 spiro atoms. The molecule has 2 saturated heterocycles. The average Bonchev–Trinajstić information content (AvgIpc) is 2.38. The van der Waals surface area contributed by atoms with E-state index in [-0.39, 0.29) is 0 Å². The van der Waals surface area contributed by atoms with Crippen molar-refractivity contribution < 1.29 is 4.74 Å². The van der Waals surface area contributed by atoms with Gasteiger partial charge in [0.2, 0.25) is 0 Å². The molecule has 2 rings (SSSR count). The maximum absolute atomic E-state index is 5.78. The van der Waals surface area contributed by atoms with E-state index in [1.807, 2.05) is 0 Å². The molecule has 5 heteroatoms. The lowest BCUT2D eigenvalue weighted by Gasteiger charge is -2.36. The Hall–Kier alpha value is -0.200. The molecule has 100 valence electrons. The largest absolute Gasteiger partial charge is 0.374 e. The zero-order valence-corrected chi connectivity index (χ0v) is 11.2. The summed E-state index contributed by atoms with van der Waals surface area (Å²) in [4.78, 5) is 4.83. The Balaban J connectivity index is 1.64. The van der Waals surface area contributed by atoms with E-state index in [0.717, 1.165) is 59.0 Å². The maximum Gasteiger partial charge on any atom is 0.0840 e. The highest BCUT2D eigenvalue weighted by Crippen LogP contribution is 2.04. The van der Waals surface area contributed by atoms with Crippen molar-refractivity contribution in [2.45, 2.75) is 13.0 Å². The van der Waals surface area contributed by atoms with Crippen molar-refractivity contribution in [3.63, 3.8) is 0 Å². The molecule has 2 heterocycles. The normalized spacial score (nSPS) is 29.6. The minimum atomic E-state index is 0.350. The molecule has 0 aromatic heterocycles. The van der Waals surface area contributed by atoms with Gasteiger partial charge in [0.25, 0.3) is 0 Å². The number of nitrogens with zero attached hydrogens (tertiary/aromatic N) is 3. The summed E-state index contributed by atoms with van der Waals surface area (Å²) in [6.07, 6.45) is 0.350. The van der Waals surface area contributed by atoms with E-state index in [0.29, 0.717) is 6.10 Å². The maximum atomic E-state index is 5.78. The van der Waals surface area contributed by atoms with Gasteiger partial charge in [-0.25, -0.2) is 5.01 Å². The fraction of sp³-hybridized carbons (Fsp3) is 1.00. The summed E-state index contributed by atoms with van der Waals surface area (Å²) in [5.74, 6) is 0. The quantitative estimate of drug-likeness (QED) is 0.715. The van der Waals surface area contributed by atoms with Gasteiger partial charge >= 0.3 is 0 Å². The number of hydrogen-bond acceptors (Lipinski definition) is 5. The molecule has 0 aromatic rings. The molecule has 2 aliphatic heterocycles. The third-order valence-electron chi connectivity index (χ3n) is 3.72. The van der Waals surface area contributed by atoms with Crippen molar-refractivity contribution in [1.29, 1.82) is 0 Å². The molecule has 0 aliphatic carbocycles. The monoisotopic (exact) mass is 242 g/mol. The number of morpholine rings is 1. The summed E-state index contributed by atoms with van der Waals surface area (Å²) in [6, 6.07) is 0. The van der Waals surface area contributed by atoms with Crippen LogP contribution in [0.4, 0.5) is 0 Å². The van der Waals surface area contributed by atoms with Gasteiger partial charge in [0.15, 0.2) is 0 Å². The lowest BCUT2D eigenvalue weighted by Crippen LogP contribution is -2.54. The standard InChI is InChI=1S/C12H26N4O/c1-3-15-8-9-17-12(11-15)10-13-16-6-4-14(2)5-7-16/h12-13H,3-11H2,1-2H3. The fourth-order valence-electron chi connectivity index (χ4n) is 2.39. The van der Waals surface area contributed by atoms with Crippen LogP contribution < -0.4 is 5.43 Å². The first-order valence-corrected chi connectivity index (χ1v) is 6.79. The smallest absolute Gasteiger partial charge is 0.0840 e. The second-order valence-electron chi connectivity index (χ2n) is 5.04. The highest BCUT2D eigenvalue weighted by molar-refractivity contribution is 4.73. The molecule has 1 unspecified atom stereocenters. The third-order valence-corrected chi connectivity index (χ3v) is 3.72. The highest BCUT2D eigenvalue weighted by Gasteiger charge is 2.20. The SMILES string of the molecule is CCN1CCOC(CNN2CCN(C)CC2)C1. The Bertz CT molecular complexity index is 219. The first-order chi connectivity index (χ1) is 8.28. The van der Waals surface area contributed by atoms with E-state index in [4.69, 9.17) is 4.74 Å². The topological polar surface area (TPSA) is 31.0 Å². The lowest BCUT2D eigenvalue weighted by atomic mass is 10.2. The van der Waals surface area contributed by atoms with Crippen LogP contribution in [0.1, 0.15) is 6.92 Å². The van der Waals surface area contributed by atoms with Crippen LogP contribution in [0, 0.1) is 0 Å². The van der Waals surface area contributed by atoms with Crippen molar-refractivity contribution in [2.75, 3.05) is 66.0 Å².